The van der Waals surface area contributed by atoms with E-state index in [1.54, 1.807) is 25.2 Å². The number of benzene rings is 3. The largest absolute Gasteiger partial charge is 0.483 e. The summed E-state index contributed by atoms with van der Waals surface area (Å²) >= 11 is 12.5. The maximum atomic E-state index is 13.6. The number of para-hydroxylation sites is 1. The van der Waals surface area contributed by atoms with Gasteiger partial charge in [0.1, 0.15) is 11.8 Å². The van der Waals surface area contributed by atoms with Crippen LogP contribution in [0.5, 0.6) is 5.75 Å². The number of rotatable bonds is 10. The summed E-state index contributed by atoms with van der Waals surface area (Å²) < 4.78 is 5.97. The van der Waals surface area contributed by atoms with Crippen LogP contribution in [0.25, 0.3) is 0 Å². The number of amides is 2. The first-order chi connectivity index (χ1) is 16.8. The Labute approximate surface area is 217 Å². The molecule has 0 heterocycles. The highest BCUT2D eigenvalue weighted by Gasteiger charge is 2.30. The fraction of sp³-hybridized carbons (Fsp3) is 0.286. The molecule has 0 aromatic heterocycles. The van der Waals surface area contributed by atoms with Crippen LogP contribution in [0.15, 0.2) is 72.8 Å². The number of hydrogen-bond donors (Lipinski definition) is 1. The van der Waals surface area contributed by atoms with Crippen LogP contribution in [0.3, 0.4) is 0 Å². The van der Waals surface area contributed by atoms with E-state index in [1.165, 1.54) is 4.90 Å². The van der Waals surface area contributed by atoms with Gasteiger partial charge in [-0.25, -0.2) is 0 Å². The Hall–Kier alpha value is -3.02. The summed E-state index contributed by atoms with van der Waals surface area (Å²) in [6, 6.07) is 21.6. The molecule has 0 aliphatic carbocycles. The Morgan fingerprint density at radius 1 is 0.971 bits per heavy atom. The van der Waals surface area contributed by atoms with Crippen molar-refractivity contribution in [3.05, 3.63) is 99.5 Å². The molecule has 0 saturated heterocycles. The third-order valence-electron chi connectivity index (χ3n) is 5.77. The molecule has 0 spiro atoms. The van der Waals surface area contributed by atoms with E-state index in [2.05, 4.69) is 19.2 Å². The first kappa shape index (κ1) is 26.6. The van der Waals surface area contributed by atoms with E-state index in [0.29, 0.717) is 27.8 Å². The summed E-state index contributed by atoms with van der Waals surface area (Å²) in [5.74, 6) is 0.302. The van der Waals surface area contributed by atoms with Gasteiger partial charge in [0.2, 0.25) is 5.91 Å². The van der Waals surface area contributed by atoms with E-state index >= 15 is 0 Å². The monoisotopic (exact) mass is 512 g/mol. The van der Waals surface area contributed by atoms with Crippen molar-refractivity contribution in [3.8, 4) is 5.75 Å². The summed E-state index contributed by atoms with van der Waals surface area (Å²) in [7, 11) is 1.56. The summed E-state index contributed by atoms with van der Waals surface area (Å²) in [5.41, 5.74) is 2.64. The van der Waals surface area contributed by atoms with Gasteiger partial charge in [-0.1, -0.05) is 91.6 Å². The molecular formula is C28H30Cl2N2O3. The van der Waals surface area contributed by atoms with Gasteiger partial charge in [-0.2, -0.15) is 0 Å². The molecule has 1 N–H and O–H groups in total. The molecule has 3 rings (SSSR count). The second-order valence-corrected chi connectivity index (χ2v) is 9.40. The molecule has 0 aliphatic heterocycles. The predicted molar refractivity (Wildman–Crippen MR) is 141 cm³/mol. The summed E-state index contributed by atoms with van der Waals surface area (Å²) in [5, 5.41) is 3.63. The molecule has 0 aliphatic rings. The minimum absolute atomic E-state index is 0.134. The van der Waals surface area contributed by atoms with E-state index in [1.807, 2.05) is 54.6 Å². The molecule has 0 bridgehead atoms. The molecule has 0 fully saturated rings. The lowest BCUT2D eigenvalue weighted by Crippen LogP contribution is -2.51. The summed E-state index contributed by atoms with van der Waals surface area (Å²) in [4.78, 5) is 28.1. The van der Waals surface area contributed by atoms with Gasteiger partial charge in [0, 0.05) is 30.1 Å². The summed E-state index contributed by atoms with van der Waals surface area (Å²) in [6.45, 7) is 4.06. The minimum atomic E-state index is -0.759. The highest BCUT2D eigenvalue weighted by atomic mass is 35.5. The lowest BCUT2D eigenvalue weighted by atomic mass is 10.0. The fourth-order valence-corrected chi connectivity index (χ4v) is 4.33. The van der Waals surface area contributed by atoms with Crippen LogP contribution < -0.4 is 10.1 Å². The van der Waals surface area contributed by atoms with E-state index in [0.717, 1.165) is 11.1 Å². The van der Waals surface area contributed by atoms with Gasteiger partial charge in [-0.3, -0.25) is 9.59 Å². The average molecular weight is 513 g/mol. The molecule has 1 atom stereocenters. The van der Waals surface area contributed by atoms with Crippen molar-refractivity contribution in [3.63, 3.8) is 0 Å². The van der Waals surface area contributed by atoms with Gasteiger partial charge in [0.15, 0.2) is 6.61 Å². The van der Waals surface area contributed by atoms with E-state index in [9.17, 15) is 9.59 Å². The van der Waals surface area contributed by atoms with Crippen molar-refractivity contribution < 1.29 is 14.3 Å². The van der Waals surface area contributed by atoms with Crippen molar-refractivity contribution in [2.75, 3.05) is 13.7 Å². The molecule has 3 aromatic rings. The van der Waals surface area contributed by atoms with Gasteiger partial charge in [-0.05, 0) is 40.8 Å². The first-order valence-corrected chi connectivity index (χ1v) is 12.3. The number of ether oxygens (including phenoxy) is 1. The second-order valence-electron chi connectivity index (χ2n) is 8.56. The quantitative estimate of drug-likeness (QED) is 0.368. The van der Waals surface area contributed by atoms with E-state index in [-0.39, 0.29) is 30.9 Å². The Balaban J connectivity index is 1.92. The standard InChI is InChI=1S/C28H30Cl2N2O3/c1-19(2)23-11-7-8-12-26(23)35-18-27(33)32(17-21-13-14-22(29)16-24(21)30)25(28(34)31-3)15-20-9-5-4-6-10-20/h4-14,16,19,25H,15,17-18H2,1-3H3,(H,31,34)/t25-/m0/s1. The number of nitrogens with one attached hydrogen (secondary N) is 1. The highest BCUT2D eigenvalue weighted by Crippen LogP contribution is 2.27. The normalized spacial score (nSPS) is 11.7. The fourth-order valence-electron chi connectivity index (χ4n) is 3.87. The average Bonchev–Trinajstić information content (AvgIpc) is 2.86. The van der Waals surface area contributed by atoms with Crippen LogP contribution in [0, 0.1) is 0 Å². The number of carbonyl (C=O) groups is 2. The Morgan fingerprint density at radius 3 is 2.31 bits per heavy atom. The number of carbonyl (C=O) groups excluding carboxylic acids is 2. The second kappa shape index (κ2) is 12.6. The minimum Gasteiger partial charge on any atom is -0.483 e. The van der Waals surface area contributed by atoms with Crippen LogP contribution in [0.4, 0.5) is 0 Å². The zero-order valence-electron chi connectivity index (χ0n) is 20.1. The van der Waals surface area contributed by atoms with Crippen molar-refractivity contribution in [2.24, 2.45) is 0 Å². The number of nitrogens with zero attached hydrogens (tertiary/aromatic N) is 1. The van der Waals surface area contributed by atoms with Crippen LogP contribution in [-0.4, -0.2) is 36.4 Å². The summed E-state index contributed by atoms with van der Waals surface area (Å²) in [6.07, 6.45) is 0.347. The van der Waals surface area contributed by atoms with Crippen molar-refractivity contribution in [1.82, 2.24) is 10.2 Å². The third-order valence-corrected chi connectivity index (χ3v) is 6.35. The number of hydrogen-bond acceptors (Lipinski definition) is 3. The number of halogens is 2. The van der Waals surface area contributed by atoms with Crippen LogP contribution >= 0.6 is 23.2 Å². The Morgan fingerprint density at radius 2 is 1.66 bits per heavy atom. The van der Waals surface area contributed by atoms with Crippen LogP contribution in [0.2, 0.25) is 10.0 Å². The van der Waals surface area contributed by atoms with E-state index in [4.69, 9.17) is 27.9 Å². The van der Waals surface area contributed by atoms with Crippen molar-refractivity contribution in [2.45, 2.75) is 38.8 Å². The molecule has 7 heteroatoms. The molecule has 2 amide bonds. The molecule has 0 saturated carbocycles. The van der Waals surface area contributed by atoms with Gasteiger partial charge in [0.25, 0.3) is 5.91 Å². The van der Waals surface area contributed by atoms with Crippen molar-refractivity contribution in [1.29, 1.82) is 0 Å². The third kappa shape index (κ3) is 7.23. The molecule has 0 unspecified atom stereocenters. The number of likely N-dealkylation sites (N-methyl/N-ethyl adjacent to an activating group) is 1. The van der Waals surface area contributed by atoms with Gasteiger partial charge >= 0.3 is 0 Å². The maximum Gasteiger partial charge on any atom is 0.261 e. The lowest BCUT2D eigenvalue weighted by molar-refractivity contribution is -0.142. The highest BCUT2D eigenvalue weighted by molar-refractivity contribution is 6.35. The van der Waals surface area contributed by atoms with E-state index < -0.39 is 6.04 Å². The van der Waals surface area contributed by atoms with Gasteiger partial charge < -0.3 is 15.0 Å². The van der Waals surface area contributed by atoms with Crippen LogP contribution in [0.1, 0.15) is 36.5 Å². The lowest BCUT2D eigenvalue weighted by Gasteiger charge is -2.31. The molecule has 184 valence electrons. The predicted octanol–water partition coefficient (Wildman–Crippen LogP) is 5.88. The Kier molecular flexibility index (Phi) is 9.58. The molecule has 35 heavy (non-hydrogen) atoms. The van der Waals surface area contributed by atoms with Crippen molar-refractivity contribution >= 4 is 35.0 Å². The SMILES string of the molecule is CNC(=O)[C@H](Cc1ccccc1)N(Cc1ccc(Cl)cc1Cl)C(=O)COc1ccccc1C(C)C. The maximum absolute atomic E-state index is 13.6. The first-order valence-electron chi connectivity index (χ1n) is 11.5. The smallest absolute Gasteiger partial charge is 0.261 e. The van der Waals surface area contributed by atoms with Gasteiger partial charge in [-0.15, -0.1) is 0 Å². The molecular weight excluding hydrogens is 483 g/mol. The zero-order chi connectivity index (χ0) is 25.4. The Bertz CT molecular complexity index is 1150. The molecule has 5 nitrogen and oxygen atoms in total. The van der Waals surface area contributed by atoms with Gasteiger partial charge in [0.05, 0.1) is 0 Å². The molecule has 0 radical (unpaired) electrons. The van der Waals surface area contributed by atoms with Crippen LogP contribution in [-0.2, 0) is 22.6 Å². The zero-order valence-corrected chi connectivity index (χ0v) is 21.6. The molecule has 3 aromatic carbocycles. The topological polar surface area (TPSA) is 58.6 Å².